The van der Waals surface area contributed by atoms with Gasteiger partial charge in [0, 0.05) is 36.1 Å². The van der Waals surface area contributed by atoms with E-state index >= 15 is 4.79 Å². The zero-order valence-electron chi connectivity index (χ0n) is 30.8. The first-order chi connectivity index (χ1) is 24.2. The Hall–Kier alpha value is -3.67. The van der Waals surface area contributed by atoms with Crippen LogP contribution in [0.4, 0.5) is 9.18 Å². The number of aryl methyl sites for hydroxylation is 1. The summed E-state index contributed by atoms with van der Waals surface area (Å²) in [7, 11) is 1.61. The molecule has 11 nitrogen and oxygen atoms in total. The fourth-order valence-corrected chi connectivity index (χ4v) is 9.39. The largest absolute Gasteiger partial charge is 0.475 e. The minimum Gasteiger partial charge on any atom is -0.475 e. The molecule has 1 saturated heterocycles. The third-order valence-corrected chi connectivity index (χ3v) is 11.7. The number of nitrogens with two attached hydrogens (primary N) is 1. The van der Waals surface area contributed by atoms with Gasteiger partial charge in [0.25, 0.3) is 0 Å². The molecule has 3 fully saturated rings. The summed E-state index contributed by atoms with van der Waals surface area (Å²) in [6.07, 6.45) is 7.68. The Bertz CT molecular complexity index is 1570. The number of aromatic carboxylic acids is 1. The number of ether oxygens (including phenoxy) is 2. The van der Waals surface area contributed by atoms with Crippen LogP contribution in [0.25, 0.3) is 11.0 Å². The summed E-state index contributed by atoms with van der Waals surface area (Å²) >= 11 is 0. The molecule has 4 N–H and O–H groups in total. The number of carboxylic acid groups (broad SMARTS) is 1. The minimum absolute atomic E-state index is 0.154. The first kappa shape index (κ1) is 38.6. The van der Waals surface area contributed by atoms with E-state index in [4.69, 9.17) is 19.6 Å². The van der Waals surface area contributed by atoms with Crippen molar-refractivity contribution in [3.05, 3.63) is 35.1 Å². The summed E-state index contributed by atoms with van der Waals surface area (Å²) in [4.78, 5) is 55.7. The number of rotatable bonds is 12. The lowest BCUT2D eigenvalue weighted by Crippen LogP contribution is -2.62. The Morgan fingerprint density at radius 2 is 1.78 bits per heavy atom. The monoisotopic (exact) mass is 713 g/mol. The Balaban J connectivity index is 1.54. The molecule has 4 atom stereocenters. The van der Waals surface area contributed by atoms with Crippen LogP contribution in [0.5, 0.6) is 0 Å². The number of alkyl halides is 1. The number of carboxylic acids is 1. The van der Waals surface area contributed by atoms with Gasteiger partial charge in [-0.25, -0.2) is 14.0 Å². The summed E-state index contributed by atoms with van der Waals surface area (Å²) in [5, 5.41) is 13.3. The molecule has 3 aliphatic rings. The van der Waals surface area contributed by atoms with Crippen LogP contribution < -0.4 is 11.1 Å². The Morgan fingerprint density at radius 1 is 1.10 bits per heavy atom. The minimum atomic E-state index is -1.29. The highest BCUT2D eigenvalue weighted by Gasteiger charge is 2.61. The summed E-state index contributed by atoms with van der Waals surface area (Å²) in [6.45, 7) is 6.60. The summed E-state index contributed by atoms with van der Waals surface area (Å²) in [6, 6.07) is 4.21. The Kier molecular flexibility index (Phi) is 12.0. The number of nitrogens with one attached hydrogen (secondary N) is 1. The molecule has 2 heterocycles. The predicted molar refractivity (Wildman–Crippen MR) is 190 cm³/mol. The van der Waals surface area contributed by atoms with Crippen LogP contribution in [0.15, 0.2) is 22.6 Å². The number of para-hydroxylation sites is 1. The van der Waals surface area contributed by atoms with E-state index in [1.54, 1.807) is 39.7 Å². The average molecular weight is 714 g/mol. The molecule has 0 spiro atoms. The number of carbonyl (C=O) groups is 4. The maximum absolute atomic E-state index is 15.2. The van der Waals surface area contributed by atoms with Crippen molar-refractivity contribution in [2.24, 2.45) is 29.4 Å². The van der Waals surface area contributed by atoms with E-state index in [0.29, 0.717) is 73.6 Å². The van der Waals surface area contributed by atoms with Gasteiger partial charge >= 0.3 is 12.1 Å². The van der Waals surface area contributed by atoms with Crippen molar-refractivity contribution < 1.29 is 42.6 Å². The van der Waals surface area contributed by atoms with Crippen LogP contribution in [0.3, 0.4) is 0 Å². The molecule has 1 aliphatic heterocycles. The van der Waals surface area contributed by atoms with E-state index in [-0.39, 0.29) is 29.4 Å². The molecule has 12 heteroatoms. The maximum atomic E-state index is 15.2. The van der Waals surface area contributed by atoms with Crippen LogP contribution in [-0.4, -0.2) is 71.5 Å². The van der Waals surface area contributed by atoms with Crippen LogP contribution in [-0.2, 0) is 19.1 Å². The van der Waals surface area contributed by atoms with Gasteiger partial charge in [-0.15, -0.1) is 0 Å². The standard InChI is InChI=1S/C39H56FN3O8/c1-23-27-13-9-14-28(33(27)50-32(23)35(45)46)31-21-29(24-11-7-6-8-12-24)39(36(41)47,19-10-20-49-5)43(31)34(44)26-17-15-25(16-18-26)30(22-40)42-37(48)51-38(2,3)4/h9,13-14,24-26,29-31H,6-8,10-12,15-22H2,1-5H3,(H2,41,47)(H,42,48)(H,45,46)/t25-,26-,29-,30+,31?,39-/m0/s1. The van der Waals surface area contributed by atoms with E-state index in [2.05, 4.69) is 5.32 Å². The van der Waals surface area contributed by atoms with E-state index in [9.17, 15) is 23.9 Å². The van der Waals surface area contributed by atoms with Gasteiger partial charge in [-0.05, 0) is 90.4 Å². The highest BCUT2D eigenvalue weighted by molar-refractivity contribution is 5.97. The highest BCUT2D eigenvalue weighted by atomic mass is 19.1. The first-order valence-electron chi connectivity index (χ1n) is 18.7. The van der Waals surface area contributed by atoms with Crippen molar-refractivity contribution in [1.29, 1.82) is 0 Å². The topological polar surface area (TPSA) is 161 Å². The normalized spacial score (nSPS) is 26.6. The molecule has 2 saturated carbocycles. The number of fused-ring (bicyclic) bond motifs is 1. The number of likely N-dealkylation sites (tertiary alicyclic amines) is 1. The second-order valence-corrected chi connectivity index (χ2v) is 16.0. The van der Waals surface area contributed by atoms with E-state index < -0.39 is 53.8 Å². The van der Waals surface area contributed by atoms with Crippen LogP contribution >= 0.6 is 0 Å². The number of hydrogen-bond donors (Lipinski definition) is 3. The molecule has 0 radical (unpaired) electrons. The van der Waals surface area contributed by atoms with E-state index in [0.717, 1.165) is 32.1 Å². The molecule has 282 valence electrons. The van der Waals surface area contributed by atoms with Crippen LogP contribution in [0, 0.1) is 30.6 Å². The molecule has 51 heavy (non-hydrogen) atoms. The van der Waals surface area contributed by atoms with Gasteiger partial charge in [-0.2, -0.15) is 0 Å². The zero-order valence-corrected chi connectivity index (χ0v) is 30.8. The van der Waals surface area contributed by atoms with E-state index in [1.165, 1.54) is 0 Å². The van der Waals surface area contributed by atoms with Crippen molar-refractivity contribution in [2.75, 3.05) is 20.4 Å². The van der Waals surface area contributed by atoms with Gasteiger partial charge in [0.2, 0.25) is 17.6 Å². The molecule has 1 aromatic carbocycles. The van der Waals surface area contributed by atoms with Crippen molar-refractivity contribution in [2.45, 2.75) is 128 Å². The fraction of sp³-hybridized carbons (Fsp3) is 0.692. The van der Waals surface area contributed by atoms with Gasteiger partial charge in [-0.1, -0.05) is 50.3 Å². The molecule has 3 amide bonds. The lowest BCUT2D eigenvalue weighted by atomic mass is 9.68. The molecule has 5 rings (SSSR count). The molecule has 1 aromatic heterocycles. The molecule has 2 aromatic rings. The van der Waals surface area contributed by atoms with Crippen LogP contribution in [0.1, 0.15) is 126 Å². The number of primary amides is 1. The van der Waals surface area contributed by atoms with Gasteiger partial charge in [0.15, 0.2) is 0 Å². The fourth-order valence-electron chi connectivity index (χ4n) is 9.39. The number of halogens is 1. The number of hydrogen-bond acceptors (Lipinski definition) is 7. The summed E-state index contributed by atoms with van der Waals surface area (Å²) < 4.78 is 31.1. The number of amides is 3. The van der Waals surface area contributed by atoms with Crippen molar-refractivity contribution in [3.8, 4) is 0 Å². The van der Waals surface area contributed by atoms with Crippen molar-refractivity contribution in [1.82, 2.24) is 10.2 Å². The van der Waals surface area contributed by atoms with E-state index in [1.807, 2.05) is 18.2 Å². The second kappa shape index (κ2) is 15.9. The van der Waals surface area contributed by atoms with Gasteiger partial charge in [0.05, 0.1) is 12.1 Å². The average Bonchev–Trinajstić information content (AvgIpc) is 3.62. The smallest absolute Gasteiger partial charge is 0.407 e. The number of alkyl carbamates (subject to hydrolysis) is 1. The zero-order chi connectivity index (χ0) is 37.1. The van der Waals surface area contributed by atoms with Crippen molar-refractivity contribution in [3.63, 3.8) is 0 Å². The molecule has 2 aliphatic carbocycles. The number of benzene rings is 1. The number of furan rings is 1. The third-order valence-electron chi connectivity index (χ3n) is 11.7. The number of nitrogens with zero attached hydrogens (tertiary/aromatic N) is 1. The molecule has 0 bridgehead atoms. The molecule has 1 unspecified atom stereocenters. The SMILES string of the molecule is COCCC[C@@]1(C(N)=O)[C@H](C2CCCCC2)CC(c2cccc3c(C)c(C(=O)O)oc23)N1C(=O)[C@H]1CC[C@H]([C@@H](CF)NC(=O)OC(C)(C)C)CC1. The first-order valence-corrected chi connectivity index (χ1v) is 18.7. The predicted octanol–water partition coefficient (Wildman–Crippen LogP) is 7.23. The molecular formula is C39H56FN3O8. The van der Waals surface area contributed by atoms with Gasteiger partial charge in [0.1, 0.15) is 23.4 Å². The lowest BCUT2D eigenvalue weighted by Gasteiger charge is -2.46. The lowest BCUT2D eigenvalue weighted by molar-refractivity contribution is -0.154. The Morgan fingerprint density at radius 3 is 2.37 bits per heavy atom. The quantitative estimate of drug-likeness (QED) is 0.194. The number of carbonyl (C=O) groups excluding carboxylic acids is 3. The second-order valence-electron chi connectivity index (χ2n) is 16.0. The summed E-state index contributed by atoms with van der Waals surface area (Å²) in [5.41, 5.74) is 6.05. The van der Waals surface area contributed by atoms with Gasteiger partial charge in [-0.3, -0.25) is 9.59 Å². The van der Waals surface area contributed by atoms with Gasteiger partial charge < -0.3 is 34.9 Å². The number of methoxy groups -OCH3 is 1. The molecular weight excluding hydrogens is 657 g/mol. The van der Waals surface area contributed by atoms with Crippen LogP contribution in [0.2, 0.25) is 0 Å². The Labute approximate surface area is 300 Å². The third kappa shape index (κ3) is 7.90. The van der Waals surface area contributed by atoms with Crippen molar-refractivity contribution >= 4 is 34.8 Å². The highest BCUT2D eigenvalue weighted by Crippen LogP contribution is 2.56. The summed E-state index contributed by atoms with van der Waals surface area (Å²) in [5.74, 6) is -2.71. The maximum Gasteiger partial charge on any atom is 0.407 e.